The average Bonchev–Trinajstić information content (AvgIpc) is 2.34. The van der Waals surface area contributed by atoms with Gasteiger partial charge in [-0.1, -0.05) is 24.3 Å². The highest BCUT2D eigenvalue weighted by Gasteiger charge is 2.34. The van der Waals surface area contributed by atoms with Crippen LogP contribution >= 0.6 is 0 Å². The molecule has 0 bridgehead atoms. The van der Waals surface area contributed by atoms with E-state index >= 15 is 0 Å². The van der Waals surface area contributed by atoms with E-state index in [4.69, 9.17) is 5.11 Å². The quantitative estimate of drug-likeness (QED) is 0.748. The maximum absolute atomic E-state index is 10.9. The van der Waals surface area contributed by atoms with Gasteiger partial charge in [-0.2, -0.15) is 0 Å². The third kappa shape index (κ3) is 4.05. The Morgan fingerprint density at radius 1 is 1.20 bits per heavy atom. The van der Waals surface area contributed by atoms with Gasteiger partial charge in [0, 0.05) is 12.1 Å². The van der Waals surface area contributed by atoms with Crippen LogP contribution < -0.4 is 5.32 Å². The molecule has 1 unspecified atom stereocenters. The molecular weight excluding hydrogens is 254 g/mol. The molecule has 0 radical (unpaired) electrons. The molecule has 112 valence electrons. The van der Waals surface area contributed by atoms with Crippen molar-refractivity contribution in [2.45, 2.75) is 58.2 Å². The fourth-order valence-corrected chi connectivity index (χ4v) is 1.61. The van der Waals surface area contributed by atoms with Crippen LogP contribution in [0, 0.1) is 0 Å². The zero-order chi connectivity index (χ0) is 15.6. The Labute approximate surface area is 120 Å². The zero-order valence-corrected chi connectivity index (χ0v) is 12.9. The molecule has 0 aliphatic heterocycles. The minimum atomic E-state index is -0.829. The minimum absolute atomic E-state index is 0.417. The van der Waals surface area contributed by atoms with E-state index in [9.17, 15) is 9.90 Å². The van der Waals surface area contributed by atoms with E-state index in [-0.39, 0.29) is 0 Å². The summed E-state index contributed by atoms with van der Waals surface area (Å²) in [6, 6.07) is 7.52. The predicted molar refractivity (Wildman–Crippen MR) is 79.7 cm³/mol. The normalized spacial score (nSPS) is 14.1. The molecule has 4 nitrogen and oxygen atoms in total. The van der Waals surface area contributed by atoms with Crippen LogP contribution in [0.3, 0.4) is 0 Å². The van der Waals surface area contributed by atoms with Gasteiger partial charge >= 0.3 is 5.97 Å². The summed E-state index contributed by atoms with van der Waals surface area (Å²) in [6.45, 7) is 9.75. The van der Waals surface area contributed by atoms with Crippen LogP contribution in [0.5, 0.6) is 0 Å². The summed E-state index contributed by atoms with van der Waals surface area (Å²) >= 11 is 0. The Morgan fingerprint density at radius 2 is 1.70 bits per heavy atom. The molecule has 0 fully saturated rings. The second-order valence-corrected chi connectivity index (χ2v) is 6.34. The van der Waals surface area contributed by atoms with Gasteiger partial charge in [0.2, 0.25) is 0 Å². The van der Waals surface area contributed by atoms with E-state index in [1.807, 2.05) is 38.1 Å². The third-order valence-corrected chi connectivity index (χ3v) is 4.11. The fraction of sp³-hybridized carbons (Fsp3) is 0.562. The number of aliphatic carboxylic acids is 1. The van der Waals surface area contributed by atoms with Crippen molar-refractivity contribution in [1.29, 1.82) is 0 Å². The number of carboxylic acids is 1. The summed E-state index contributed by atoms with van der Waals surface area (Å²) in [5, 5.41) is 22.4. The molecule has 0 amide bonds. The molecule has 3 N–H and O–H groups in total. The largest absolute Gasteiger partial charge is 0.481 e. The maximum atomic E-state index is 10.9. The highest BCUT2D eigenvalue weighted by molar-refractivity contribution is 5.75. The smallest absolute Gasteiger partial charge is 0.310 e. The molecule has 0 spiro atoms. The number of rotatable bonds is 6. The number of hydrogen-bond acceptors (Lipinski definition) is 3. The second kappa shape index (κ2) is 5.94. The van der Waals surface area contributed by atoms with Gasteiger partial charge in [0.05, 0.1) is 11.5 Å². The van der Waals surface area contributed by atoms with Crippen molar-refractivity contribution >= 4 is 5.97 Å². The maximum Gasteiger partial charge on any atom is 0.310 e. The average molecular weight is 279 g/mol. The Balaban J connectivity index is 2.70. The van der Waals surface area contributed by atoms with Crippen molar-refractivity contribution < 1.29 is 15.0 Å². The van der Waals surface area contributed by atoms with E-state index in [0.717, 1.165) is 11.1 Å². The van der Waals surface area contributed by atoms with Crippen molar-refractivity contribution in [3.8, 4) is 0 Å². The van der Waals surface area contributed by atoms with Crippen molar-refractivity contribution in [2.75, 3.05) is 0 Å². The van der Waals surface area contributed by atoms with Crippen molar-refractivity contribution in [3.63, 3.8) is 0 Å². The second-order valence-electron chi connectivity index (χ2n) is 6.34. The highest BCUT2D eigenvalue weighted by atomic mass is 16.4. The Kier molecular flexibility index (Phi) is 4.95. The molecule has 0 heterocycles. The molecule has 0 saturated heterocycles. The van der Waals surface area contributed by atoms with E-state index in [1.54, 1.807) is 20.8 Å². The lowest BCUT2D eigenvalue weighted by Gasteiger charge is -2.38. The molecule has 0 aliphatic carbocycles. The van der Waals surface area contributed by atoms with Gasteiger partial charge in [-0.25, -0.2) is 0 Å². The van der Waals surface area contributed by atoms with Crippen molar-refractivity contribution in [3.05, 3.63) is 35.4 Å². The molecule has 20 heavy (non-hydrogen) atoms. The Morgan fingerprint density at radius 3 is 2.10 bits per heavy atom. The van der Waals surface area contributed by atoms with Gasteiger partial charge in [0.25, 0.3) is 0 Å². The topological polar surface area (TPSA) is 69.6 Å². The van der Waals surface area contributed by atoms with E-state index in [1.165, 1.54) is 0 Å². The number of aliphatic hydroxyl groups is 1. The monoisotopic (exact) mass is 279 g/mol. The van der Waals surface area contributed by atoms with E-state index in [0.29, 0.717) is 6.54 Å². The first-order valence-corrected chi connectivity index (χ1v) is 6.83. The van der Waals surface area contributed by atoms with Gasteiger partial charge in [0.1, 0.15) is 0 Å². The van der Waals surface area contributed by atoms with Crippen LogP contribution in [0.4, 0.5) is 0 Å². The molecule has 0 aliphatic rings. The molecule has 0 aromatic heterocycles. The van der Waals surface area contributed by atoms with Crippen LogP contribution in [0.1, 0.15) is 51.7 Å². The minimum Gasteiger partial charge on any atom is -0.481 e. The predicted octanol–water partition coefficient (Wildman–Crippen LogP) is 2.51. The summed E-state index contributed by atoms with van der Waals surface area (Å²) in [6.07, 6.45) is 0. The lowest BCUT2D eigenvalue weighted by atomic mass is 9.86. The third-order valence-electron chi connectivity index (χ3n) is 4.11. The van der Waals surface area contributed by atoms with Crippen molar-refractivity contribution in [1.82, 2.24) is 5.32 Å². The number of carbonyl (C=O) groups is 1. The van der Waals surface area contributed by atoms with Gasteiger partial charge < -0.3 is 15.5 Å². The van der Waals surface area contributed by atoms with Crippen LogP contribution in [0.2, 0.25) is 0 Å². The van der Waals surface area contributed by atoms with Gasteiger partial charge in [-0.3, -0.25) is 4.79 Å². The standard InChI is InChI=1S/C16H25NO3/c1-11(14(18)19)13-8-6-12(7-9-13)10-17-15(2,3)16(4,5)20/h6-9,11,17,20H,10H2,1-5H3,(H,18,19). The fourth-order valence-electron chi connectivity index (χ4n) is 1.61. The summed E-state index contributed by atoms with van der Waals surface area (Å²) < 4.78 is 0. The number of nitrogens with one attached hydrogen (secondary N) is 1. The van der Waals surface area contributed by atoms with Gasteiger partial charge in [0.15, 0.2) is 0 Å². The highest BCUT2D eigenvalue weighted by Crippen LogP contribution is 2.21. The van der Waals surface area contributed by atoms with Crippen LogP contribution in [-0.4, -0.2) is 27.3 Å². The summed E-state index contributed by atoms with van der Waals surface area (Å²) in [5.41, 5.74) is 0.608. The van der Waals surface area contributed by atoms with Crippen LogP contribution in [0.15, 0.2) is 24.3 Å². The summed E-state index contributed by atoms with van der Waals surface area (Å²) in [7, 11) is 0. The van der Waals surface area contributed by atoms with Crippen LogP contribution in [0.25, 0.3) is 0 Å². The molecule has 4 heteroatoms. The van der Waals surface area contributed by atoms with E-state index in [2.05, 4.69) is 5.32 Å². The first-order valence-electron chi connectivity index (χ1n) is 6.83. The first-order chi connectivity index (χ1) is 9.04. The molecular formula is C16H25NO3. The number of hydrogen-bond donors (Lipinski definition) is 3. The van der Waals surface area contributed by atoms with Crippen LogP contribution in [-0.2, 0) is 11.3 Å². The summed E-state index contributed by atoms with van der Waals surface area (Å²) in [5.74, 6) is -1.32. The lowest BCUT2D eigenvalue weighted by Crippen LogP contribution is -2.55. The van der Waals surface area contributed by atoms with Gasteiger partial charge in [-0.05, 0) is 45.7 Å². The number of carboxylic acid groups (broad SMARTS) is 1. The van der Waals surface area contributed by atoms with E-state index < -0.39 is 23.0 Å². The molecule has 1 aromatic rings. The number of benzene rings is 1. The molecule has 1 atom stereocenters. The Hall–Kier alpha value is -1.39. The van der Waals surface area contributed by atoms with Crippen molar-refractivity contribution in [2.24, 2.45) is 0 Å². The molecule has 1 aromatic carbocycles. The molecule has 0 saturated carbocycles. The summed E-state index contributed by atoms with van der Waals surface area (Å²) in [4.78, 5) is 10.9. The van der Waals surface area contributed by atoms with Gasteiger partial charge in [-0.15, -0.1) is 0 Å². The lowest BCUT2D eigenvalue weighted by molar-refractivity contribution is -0.138. The Bertz CT molecular complexity index is 458. The first kappa shape index (κ1) is 16.7. The molecule has 1 rings (SSSR count). The SMILES string of the molecule is CC(C(=O)O)c1ccc(CNC(C)(C)C(C)(C)O)cc1. The zero-order valence-electron chi connectivity index (χ0n) is 12.9.